The topological polar surface area (TPSA) is 116 Å². The van der Waals surface area contributed by atoms with E-state index in [0.717, 1.165) is 0 Å². The molecule has 0 saturated carbocycles. The zero-order valence-corrected chi connectivity index (χ0v) is 4.83. The molecule has 1 fully saturated rings. The fourth-order valence-corrected chi connectivity index (χ4v) is 0.317. The van der Waals surface area contributed by atoms with Gasteiger partial charge >= 0.3 is 6.09 Å². The van der Waals surface area contributed by atoms with Crippen LogP contribution in [0.15, 0.2) is 0 Å². The minimum atomic E-state index is -0.648. The maximum absolute atomic E-state index is 10.00. The summed E-state index contributed by atoms with van der Waals surface area (Å²) in [6.07, 6.45) is -0.648. The van der Waals surface area contributed by atoms with Crippen molar-refractivity contribution in [3.8, 4) is 0 Å². The number of carbonyl (C=O) groups excluding carboxylic acids is 2. The average molecular weight is 144 g/mol. The van der Waals surface area contributed by atoms with E-state index in [-0.39, 0.29) is 12.5 Å². The second-order valence-corrected chi connectivity index (χ2v) is 1.22. The number of amides is 2. The highest BCUT2D eigenvalue weighted by atomic mass is 16.6. The van der Waals surface area contributed by atoms with Crippen LogP contribution in [0.4, 0.5) is 4.79 Å². The van der Waals surface area contributed by atoms with Crippen molar-refractivity contribution in [1.82, 2.24) is 5.32 Å². The molecule has 1 aliphatic rings. The summed E-state index contributed by atoms with van der Waals surface area (Å²) in [5.74, 6) is -0.370. The highest BCUT2D eigenvalue weighted by Gasteiger charge is 2.17. The second-order valence-electron chi connectivity index (χ2n) is 1.22. The number of alkyl carbamates (subject to hydrolysis) is 1. The quantitative estimate of drug-likeness (QED) is 0.286. The Hall–Kier alpha value is -1.75. The lowest BCUT2D eigenvalue weighted by Crippen LogP contribution is -2.18. The number of hydrogen-bond acceptors (Lipinski definition) is 4. The molecule has 0 unspecified atom stereocenters. The van der Waals surface area contributed by atoms with Gasteiger partial charge in [0.15, 0.2) is 6.61 Å². The van der Waals surface area contributed by atoms with E-state index in [4.69, 9.17) is 11.1 Å². The van der Waals surface area contributed by atoms with Crippen molar-refractivity contribution in [1.29, 1.82) is 5.53 Å². The van der Waals surface area contributed by atoms with Crippen molar-refractivity contribution in [2.75, 3.05) is 6.61 Å². The number of carbonyl (C=O) groups is 2. The van der Waals surface area contributed by atoms with E-state index in [0.29, 0.717) is 0 Å². The first-order chi connectivity index (χ1) is 4.70. The summed E-state index contributed by atoms with van der Waals surface area (Å²) in [6, 6.07) is 0. The van der Waals surface area contributed by atoms with Gasteiger partial charge in [0.25, 0.3) is 5.91 Å². The SMILES string of the molecule is O=C1COC(=O)N1.[N-]=[N+]=N. The molecule has 7 heteroatoms. The lowest BCUT2D eigenvalue weighted by atomic mass is 10.7. The van der Waals surface area contributed by atoms with Gasteiger partial charge in [-0.2, -0.15) is 0 Å². The first kappa shape index (κ1) is 8.25. The van der Waals surface area contributed by atoms with Crippen LogP contribution in [0.3, 0.4) is 0 Å². The molecule has 0 radical (unpaired) electrons. The standard InChI is InChI=1S/C3H3NO3.HN3/c5-2-1-7-3(6)4-2;1-3-2/h1H2,(H,4,5,6);1H. The second kappa shape index (κ2) is 4.16. The molecule has 1 heterocycles. The highest BCUT2D eigenvalue weighted by molar-refractivity contribution is 5.97. The molecule has 7 nitrogen and oxygen atoms in total. The van der Waals surface area contributed by atoms with Gasteiger partial charge in [0.05, 0.1) is 0 Å². The summed E-state index contributed by atoms with van der Waals surface area (Å²) in [6.45, 7) is -0.126. The van der Waals surface area contributed by atoms with Crippen LogP contribution in [-0.4, -0.2) is 18.6 Å². The zero-order valence-electron chi connectivity index (χ0n) is 4.83. The Bertz CT molecular complexity index is 168. The van der Waals surface area contributed by atoms with E-state index >= 15 is 0 Å². The van der Waals surface area contributed by atoms with E-state index in [1.54, 1.807) is 4.91 Å². The zero-order chi connectivity index (χ0) is 7.98. The number of nitrogens with one attached hydrogen (secondary N) is 2. The number of imide groups is 1. The lowest BCUT2D eigenvalue weighted by Gasteiger charge is -1.78. The third-order valence-electron chi connectivity index (χ3n) is 0.576. The number of cyclic esters (lactones) is 1. The van der Waals surface area contributed by atoms with Gasteiger partial charge in [-0.25, -0.2) is 4.79 Å². The van der Waals surface area contributed by atoms with Gasteiger partial charge in [0.1, 0.15) is 0 Å². The summed E-state index contributed by atoms with van der Waals surface area (Å²) in [4.78, 5) is 21.6. The number of hydrogen-bond donors (Lipinski definition) is 2. The number of nitrogens with zero attached hydrogens (tertiary/aromatic N) is 2. The fraction of sp³-hybridized carbons (Fsp3) is 0.333. The average Bonchev–Trinajstić information content (AvgIpc) is 2.17. The van der Waals surface area contributed by atoms with Gasteiger partial charge < -0.3 is 4.74 Å². The fourth-order valence-electron chi connectivity index (χ4n) is 0.317. The summed E-state index contributed by atoms with van der Waals surface area (Å²) in [5, 5.41) is 1.92. The predicted molar refractivity (Wildman–Crippen MR) is 28.9 cm³/mol. The summed E-state index contributed by atoms with van der Waals surface area (Å²) in [5.41, 5.74) is 12.2. The molecule has 1 rings (SSSR count). The van der Waals surface area contributed by atoms with Crippen LogP contribution in [-0.2, 0) is 9.53 Å². The minimum Gasteiger partial charge on any atom is -0.439 e. The van der Waals surface area contributed by atoms with Gasteiger partial charge in [0, 0.05) is 0 Å². The molecule has 1 aliphatic heterocycles. The van der Waals surface area contributed by atoms with Crippen molar-refractivity contribution < 1.29 is 14.3 Å². The number of rotatable bonds is 0. The van der Waals surface area contributed by atoms with Crippen LogP contribution in [0.1, 0.15) is 0 Å². The van der Waals surface area contributed by atoms with Crippen LogP contribution in [0.2, 0.25) is 0 Å². The molecule has 0 aliphatic carbocycles. The summed E-state index contributed by atoms with van der Waals surface area (Å²) < 4.78 is 4.17. The Morgan fingerprint density at radius 3 is 2.30 bits per heavy atom. The van der Waals surface area contributed by atoms with E-state index in [2.05, 4.69) is 4.74 Å². The summed E-state index contributed by atoms with van der Waals surface area (Å²) >= 11 is 0. The molecular formula is C3H4N4O3. The van der Waals surface area contributed by atoms with E-state index in [9.17, 15) is 9.59 Å². The smallest absolute Gasteiger partial charge is 0.414 e. The Morgan fingerprint density at radius 2 is 2.20 bits per heavy atom. The van der Waals surface area contributed by atoms with Crippen molar-refractivity contribution >= 4 is 12.0 Å². The van der Waals surface area contributed by atoms with Crippen molar-refractivity contribution in [3.05, 3.63) is 10.4 Å². The molecule has 54 valence electrons. The molecule has 1 saturated heterocycles. The Morgan fingerprint density at radius 1 is 1.70 bits per heavy atom. The Labute approximate surface area is 55.4 Å². The molecule has 0 aromatic rings. The van der Waals surface area contributed by atoms with Crippen molar-refractivity contribution in [2.24, 2.45) is 0 Å². The predicted octanol–water partition coefficient (Wildman–Crippen LogP) is 0.128. The molecule has 2 amide bonds. The van der Waals surface area contributed by atoms with Gasteiger partial charge in [0.2, 0.25) is 0 Å². The van der Waals surface area contributed by atoms with Gasteiger partial charge in [-0.05, 0) is 10.4 Å². The molecule has 0 aromatic carbocycles. The first-order valence-electron chi connectivity index (χ1n) is 2.18. The van der Waals surface area contributed by atoms with Gasteiger partial charge in [-0.3, -0.25) is 10.1 Å². The van der Waals surface area contributed by atoms with Crippen LogP contribution in [0, 0.1) is 5.53 Å². The molecular weight excluding hydrogens is 140 g/mol. The highest BCUT2D eigenvalue weighted by Crippen LogP contribution is 1.85. The van der Waals surface area contributed by atoms with Crippen LogP contribution in [0.5, 0.6) is 0 Å². The van der Waals surface area contributed by atoms with E-state index in [1.165, 1.54) is 0 Å². The largest absolute Gasteiger partial charge is 0.439 e. The molecule has 0 spiro atoms. The minimum absolute atomic E-state index is 0.126. The van der Waals surface area contributed by atoms with Crippen molar-refractivity contribution in [2.45, 2.75) is 0 Å². The van der Waals surface area contributed by atoms with Gasteiger partial charge in [-0.1, -0.05) is 0 Å². The molecule has 10 heavy (non-hydrogen) atoms. The number of ether oxygens (including phenoxy) is 1. The van der Waals surface area contributed by atoms with Gasteiger partial charge in [-0.15, -0.1) is 5.53 Å². The summed E-state index contributed by atoms with van der Waals surface area (Å²) in [7, 11) is 0. The maximum Gasteiger partial charge on any atom is 0.414 e. The normalized spacial score (nSPS) is 14.0. The molecule has 0 atom stereocenters. The lowest BCUT2D eigenvalue weighted by molar-refractivity contribution is -0.119. The third kappa shape index (κ3) is 3.28. The monoisotopic (exact) mass is 144 g/mol. The molecule has 2 N–H and O–H groups in total. The van der Waals surface area contributed by atoms with Crippen LogP contribution >= 0.6 is 0 Å². The Kier molecular flexibility index (Phi) is 3.43. The van der Waals surface area contributed by atoms with E-state index < -0.39 is 6.09 Å². The van der Waals surface area contributed by atoms with Crippen LogP contribution < -0.4 is 5.32 Å². The van der Waals surface area contributed by atoms with Crippen molar-refractivity contribution in [3.63, 3.8) is 0 Å². The first-order valence-corrected chi connectivity index (χ1v) is 2.18. The Balaban J connectivity index is 0.000000236. The molecule has 0 bridgehead atoms. The maximum atomic E-state index is 10.00. The molecule has 0 aromatic heterocycles. The van der Waals surface area contributed by atoms with E-state index in [1.807, 2.05) is 5.32 Å². The third-order valence-corrected chi connectivity index (χ3v) is 0.576. The van der Waals surface area contributed by atoms with Crippen LogP contribution in [0.25, 0.3) is 10.4 Å².